The Hall–Kier alpha value is -2.15. The van der Waals surface area contributed by atoms with Crippen LogP contribution in [0.5, 0.6) is 0 Å². The molecule has 0 spiro atoms. The highest BCUT2D eigenvalue weighted by Crippen LogP contribution is 2.38. The van der Waals surface area contributed by atoms with Crippen LogP contribution in [-0.2, 0) is 37.0 Å². The number of thioether (sulfide) groups is 1. The Labute approximate surface area is 198 Å². The largest absolute Gasteiger partial charge is 0.316 e. The Balaban J connectivity index is 1.37. The monoisotopic (exact) mass is 484 g/mol. The molecule has 2 aliphatic carbocycles. The topological polar surface area (TPSA) is 87.8 Å². The van der Waals surface area contributed by atoms with Gasteiger partial charge in [0, 0.05) is 16.3 Å². The van der Waals surface area contributed by atoms with E-state index in [0.29, 0.717) is 22.3 Å². The summed E-state index contributed by atoms with van der Waals surface area (Å²) in [7, 11) is 0. The SMILES string of the molecule is CCn1c(SCC(=O)Nc2sc3c(c2C#N)CCCC3)nc2sc3c(c2c1=O)CCCC3. The first-order valence-electron chi connectivity index (χ1n) is 11.1. The molecule has 32 heavy (non-hydrogen) atoms. The van der Waals surface area contributed by atoms with Crippen LogP contribution in [0.4, 0.5) is 5.00 Å². The Morgan fingerprint density at radius 3 is 2.53 bits per heavy atom. The second-order valence-corrected chi connectivity index (χ2v) is 11.3. The molecule has 0 unspecified atom stereocenters. The molecule has 2 aliphatic rings. The van der Waals surface area contributed by atoms with E-state index < -0.39 is 0 Å². The van der Waals surface area contributed by atoms with E-state index in [-0.39, 0.29) is 17.2 Å². The first-order chi connectivity index (χ1) is 15.6. The van der Waals surface area contributed by atoms with Crippen molar-refractivity contribution < 1.29 is 4.79 Å². The van der Waals surface area contributed by atoms with E-state index >= 15 is 0 Å². The van der Waals surface area contributed by atoms with Gasteiger partial charge in [0.1, 0.15) is 15.9 Å². The molecule has 0 aromatic carbocycles. The van der Waals surface area contributed by atoms with Gasteiger partial charge in [0.05, 0.1) is 16.7 Å². The van der Waals surface area contributed by atoms with Crippen molar-refractivity contribution in [2.45, 2.75) is 70.0 Å². The van der Waals surface area contributed by atoms with Gasteiger partial charge in [-0.1, -0.05) is 11.8 Å². The maximum Gasteiger partial charge on any atom is 0.263 e. The van der Waals surface area contributed by atoms with Gasteiger partial charge in [-0.15, -0.1) is 22.7 Å². The summed E-state index contributed by atoms with van der Waals surface area (Å²) in [5, 5.41) is 14.6. The zero-order valence-corrected chi connectivity index (χ0v) is 20.4. The molecule has 0 bridgehead atoms. The minimum Gasteiger partial charge on any atom is -0.316 e. The van der Waals surface area contributed by atoms with E-state index in [2.05, 4.69) is 11.4 Å². The molecule has 1 N–H and O–H groups in total. The number of amides is 1. The number of carbonyl (C=O) groups is 1. The smallest absolute Gasteiger partial charge is 0.263 e. The average molecular weight is 485 g/mol. The van der Waals surface area contributed by atoms with E-state index in [9.17, 15) is 14.9 Å². The lowest BCUT2D eigenvalue weighted by molar-refractivity contribution is -0.113. The predicted octanol–water partition coefficient (Wildman–Crippen LogP) is 4.90. The Bertz CT molecular complexity index is 1310. The first-order valence-corrected chi connectivity index (χ1v) is 13.7. The van der Waals surface area contributed by atoms with Crippen LogP contribution >= 0.6 is 34.4 Å². The van der Waals surface area contributed by atoms with Gasteiger partial charge in [-0.3, -0.25) is 14.2 Å². The van der Waals surface area contributed by atoms with Crippen molar-refractivity contribution in [3.05, 3.63) is 36.8 Å². The molecule has 3 heterocycles. The van der Waals surface area contributed by atoms with E-state index in [1.54, 1.807) is 15.9 Å². The zero-order valence-electron chi connectivity index (χ0n) is 18.0. The summed E-state index contributed by atoms with van der Waals surface area (Å²) in [6.45, 7) is 2.46. The highest BCUT2D eigenvalue weighted by molar-refractivity contribution is 7.99. The van der Waals surface area contributed by atoms with Gasteiger partial charge in [0.15, 0.2) is 5.16 Å². The lowest BCUT2D eigenvalue weighted by Crippen LogP contribution is -2.24. The number of carbonyl (C=O) groups excluding carboxylic acids is 1. The third kappa shape index (κ3) is 3.78. The standard InChI is InChI=1S/C23H24N4O2S3/c1-2-27-22(29)19-14-8-4-6-10-17(14)32-21(19)26-23(27)30-12-18(28)25-20-15(11-24)13-7-3-5-9-16(13)31-20/h2-10,12H2,1H3,(H,25,28). The molecule has 166 valence electrons. The Kier molecular flexibility index (Phi) is 6.10. The average Bonchev–Trinajstić information content (AvgIpc) is 3.35. The molecule has 0 radical (unpaired) electrons. The highest BCUT2D eigenvalue weighted by Gasteiger charge is 2.24. The normalized spacial score (nSPS) is 15.2. The van der Waals surface area contributed by atoms with Crippen molar-refractivity contribution in [3.8, 4) is 6.07 Å². The lowest BCUT2D eigenvalue weighted by atomic mass is 9.96. The van der Waals surface area contributed by atoms with Crippen LogP contribution in [0.15, 0.2) is 9.95 Å². The van der Waals surface area contributed by atoms with Crippen LogP contribution in [0.25, 0.3) is 10.2 Å². The van der Waals surface area contributed by atoms with Gasteiger partial charge in [0.2, 0.25) is 5.91 Å². The van der Waals surface area contributed by atoms with Crippen LogP contribution in [0.2, 0.25) is 0 Å². The van der Waals surface area contributed by atoms with Gasteiger partial charge in [0.25, 0.3) is 5.56 Å². The Morgan fingerprint density at radius 2 is 1.81 bits per heavy atom. The summed E-state index contributed by atoms with van der Waals surface area (Å²) in [5.41, 5.74) is 2.94. The number of nitrogens with one attached hydrogen (secondary N) is 1. The van der Waals surface area contributed by atoms with Crippen LogP contribution in [0, 0.1) is 11.3 Å². The summed E-state index contributed by atoms with van der Waals surface area (Å²) < 4.78 is 1.69. The van der Waals surface area contributed by atoms with Gasteiger partial charge >= 0.3 is 0 Å². The van der Waals surface area contributed by atoms with E-state index in [1.165, 1.54) is 44.8 Å². The van der Waals surface area contributed by atoms with Crippen molar-refractivity contribution >= 4 is 55.6 Å². The molecular formula is C23H24N4O2S3. The van der Waals surface area contributed by atoms with Gasteiger partial charge < -0.3 is 5.32 Å². The molecule has 0 saturated carbocycles. The van der Waals surface area contributed by atoms with Crippen molar-refractivity contribution in [1.82, 2.24) is 9.55 Å². The number of fused-ring (bicyclic) bond motifs is 4. The summed E-state index contributed by atoms with van der Waals surface area (Å²) in [4.78, 5) is 34.1. The minimum absolute atomic E-state index is 0.0116. The second kappa shape index (κ2) is 9.00. The number of hydrogen-bond donors (Lipinski definition) is 1. The maximum absolute atomic E-state index is 13.2. The molecule has 5 rings (SSSR count). The van der Waals surface area contributed by atoms with E-state index in [4.69, 9.17) is 4.98 Å². The van der Waals surface area contributed by atoms with Crippen LogP contribution in [-0.4, -0.2) is 21.2 Å². The van der Waals surface area contributed by atoms with Crippen molar-refractivity contribution in [1.29, 1.82) is 5.26 Å². The summed E-state index contributed by atoms with van der Waals surface area (Å²) in [6, 6.07) is 2.28. The van der Waals surface area contributed by atoms with E-state index in [0.717, 1.165) is 60.7 Å². The predicted molar refractivity (Wildman–Crippen MR) is 131 cm³/mol. The number of thiophene rings is 2. The number of nitriles is 1. The fourth-order valence-corrected chi connectivity index (χ4v) is 8.10. The summed E-state index contributed by atoms with van der Waals surface area (Å²) >= 11 is 4.45. The summed E-state index contributed by atoms with van der Waals surface area (Å²) in [5.74, 6) is -0.0243. The summed E-state index contributed by atoms with van der Waals surface area (Å²) in [6.07, 6.45) is 8.40. The lowest BCUT2D eigenvalue weighted by Gasteiger charge is -2.12. The van der Waals surface area contributed by atoms with Gasteiger partial charge in [-0.2, -0.15) is 5.26 Å². The van der Waals surface area contributed by atoms with Crippen molar-refractivity contribution in [3.63, 3.8) is 0 Å². The fraction of sp³-hybridized carbons (Fsp3) is 0.478. The molecule has 0 fully saturated rings. The number of anilines is 1. The van der Waals surface area contributed by atoms with E-state index in [1.807, 2.05) is 6.92 Å². The number of nitrogens with zero attached hydrogens (tertiary/aromatic N) is 3. The minimum atomic E-state index is -0.174. The molecule has 0 aliphatic heterocycles. The number of aromatic nitrogens is 2. The zero-order chi connectivity index (χ0) is 22.2. The molecule has 6 nitrogen and oxygen atoms in total. The van der Waals surface area contributed by atoms with Gasteiger partial charge in [-0.25, -0.2) is 4.98 Å². The second-order valence-electron chi connectivity index (χ2n) is 8.20. The number of aryl methyl sites for hydroxylation is 3. The number of rotatable bonds is 5. The third-order valence-electron chi connectivity index (χ3n) is 6.22. The highest BCUT2D eigenvalue weighted by atomic mass is 32.2. The molecule has 9 heteroatoms. The van der Waals surface area contributed by atoms with Crippen molar-refractivity contribution in [2.24, 2.45) is 0 Å². The van der Waals surface area contributed by atoms with Crippen molar-refractivity contribution in [2.75, 3.05) is 11.1 Å². The molecular weight excluding hydrogens is 460 g/mol. The van der Waals surface area contributed by atoms with Crippen LogP contribution in [0.1, 0.15) is 59.1 Å². The molecule has 3 aromatic rings. The maximum atomic E-state index is 13.2. The molecule has 1 amide bonds. The quantitative estimate of drug-likeness (QED) is 0.411. The Morgan fingerprint density at radius 1 is 1.12 bits per heavy atom. The number of hydrogen-bond acceptors (Lipinski definition) is 7. The molecule has 3 aromatic heterocycles. The van der Waals surface area contributed by atoms with Crippen LogP contribution < -0.4 is 10.9 Å². The third-order valence-corrected chi connectivity index (χ3v) is 9.59. The van der Waals surface area contributed by atoms with Gasteiger partial charge in [-0.05, 0) is 69.4 Å². The fourth-order valence-electron chi connectivity index (χ4n) is 4.67. The molecule has 0 saturated heterocycles. The van der Waals surface area contributed by atoms with Crippen LogP contribution in [0.3, 0.4) is 0 Å². The first kappa shape index (κ1) is 21.7. The molecule has 0 atom stereocenters.